The van der Waals surface area contributed by atoms with Crippen molar-refractivity contribution in [2.75, 3.05) is 7.11 Å². The SMILES string of the molecule is CCc1cc(OC)cc(C(=O)C(F)F)c1. The van der Waals surface area contributed by atoms with Crippen molar-refractivity contribution in [3.8, 4) is 5.75 Å². The number of aryl methyl sites for hydroxylation is 1. The maximum Gasteiger partial charge on any atom is 0.300 e. The van der Waals surface area contributed by atoms with E-state index in [1.54, 1.807) is 6.07 Å². The van der Waals surface area contributed by atoms with Crippen molar-refractivity contribution in [3.63, 3.8) is 0 Å². The molecule has 0 aromatic heterocycles. The van der Waals surface area contributed by atoms with Gasteiger partial charge in [0.15, 0.2) is 0 Å². The predicted octanol–water partition coefficient (Wildman–Crippen LogP) is 2.71. The van der Waals surface area contributed by atoms with E-state index in [1.165, 1.54) is 19.2 Å². The summed E-state index contributed by atoms with van der Waals surface area (Å²) in [7, 11) is 1.44. The summed E-state index contributed by atoms with van der Waals surface area (Å²) in [4.78, 5) is 11.1. The number of ether oxygens (including phenoxy) is 1. The molecule has 0 aliphatic rings. The Balaban J connectivity index is 3.12. The van der Waals surface area contributed by atoms with Gasteiger partial charge in [-0.05, 0) is 30.2 Å². The number of hydrogen-bond donors (Lipinski definition) is 0. The van der Waals surface area contributed by atoms with Gasteiger partial charge >= 0.3 is 6.43 Å². The van der Waals surface area contributed by atoms with Gasteiger partial charge < -0.3 is 4.74 Å². The maximum atomic E-state index is 12.2. The fraction of sp³-hybridized carbons (Fsp3) is 0.364. The van der Waals surface area contributed by atoms with Crippen LogP contribution in [0, 0.1) is 0 Å². The van der Waals surface area contributed by atoms with Gasteiger partial charge in [0.1, 0.15) is 5.75 Å². The second-order valence-electron chi connectivity index (χ2n) is 3.09. The summed E-state index contributed by atoms with van der Waals surface area (Å²) in [5.41, 5.74) is 0.805. The predicted molar refractivity (Wildman–Crippen MR) is 52.7 cm³/mol. The molecule has 1 rings (SSSR count). The van der Waals surface area contributed by atoms with Crippen LogP contribution in [0.25, 0.3) is 0 Å². The first-order chi connectivity index (χ1) is 7.08. The van der Waals surface area contributed by atoms with Crippen molar-refractivity contribution in [2.45, 2.75) is 19.8 Å². The molecule has 82 valence electrons. The first-order valence-corrected chi connectivity index (χ1v) is 4.58. The smallest absolute Gasteiger partial charge is 0.300 e. The molecule has 0 aliphatic carbocycles. The van der Waals surface area contributed by atoms with E-state index in [0.29, 0.717) is 12.2 Å². The van der Waals surface area contributed by atoms with Gasteiger partial charge in [0.05, 0.1) is 7.11 Å². The zero-order valence-electron chi connectivity index (χ0n) is 8.59. The molecule has 0 saturated carbocycles. The molecule has 0 fully saturated rings. The molecular formula is C11H12F2O2. The molecule has 0 bridgehead atoms. The second kappa shape index (κ2) is 4.87. The number of benzene rings is 1. The van der Waals surface area contributed by atoms with E-state index in [0.717, 1.165) is 5.56 Å². The Labute approximate surface area is 86.9 Å². The lowest BCUT2D eigenvalue weighted by Gasteiger charge is -2.06. The quantitative estimate of drug-likeness (QED) is 0.720. The van der Waals surface area contributed by atoms with Crippen LogP contribution in [0.15, 0.2) is 18.2 Å². The molecule has 0 amide bonds. The fourth-order valence-electron chi connectivity index (χ4n) is 1.25. The van der Waals surface area contributed by atoms with Crippen LogP contribution in [-0.2, 0) is 6.42 Å². The van der Waals surface area contributed by atoms with Crippen LogP contribution in [0.5, 0.6) is 5.75 Å². The van der Waals surface area contributed by atoms with E-state index in [1.807, 2.05) is 6.92 Å². The third-order valence-electron chi connectivity index (χ3n) is 2.09. The van der Waals surface area contributed by atoms with Gasteiger partial charge in [0.2, 0.25) is 5.78 Å². The Morgan fingerprint density at radius 1 is 1.40 bits per heavy atom. The summed E-state index contributed by atoms with van der Waals surface area (Å²) < 4.78 is 29.3. The molecule has 1 aromatic rings. The van der Waals surface area contributed by atoms with E-state index < -0.39 is 12.2 Å². The number of ketones is 1. The Bertz CT molecular complexity index is 339. The Morgan fingerprint density at radius 3 is 2.53 bits per heavy atom. The minimum absolute atomic E-state index is 0.00111. The van der Waals surface area contributed by atoms with E-state index >= 15 is 0 Å². The molecule has 0 aliphatic heterocycles. The zero-order valence-corrected chi connectivity index (χ0v) is 8.59. The number of carbonyl (C=O) groups is 1. The standard InChI is InChI=1S/C11H12F2O2/c1-3-7-4-8(10(14)11(12)13)6-9(5-7)15-2/h4-6,11H,3H2,1-2H3. The van der Waals surface area contributed by atoms with Crippen LogP contribution >= 0.6 is 0 Å². The number of hydrogen-bond acceptors (Lipinski definition) is 2. The summed E-state index contributed by atoms with van der Waals surface area (Å²) in [5, 5.41) is 0. The van der Waals surface area contributed by atoms with E-state index in [4.69, 9.17) is 4.74 Å². The molecule has 4 heteroatoms. The molecule has 0 heterocycles. The molecule has 0 saturated heterocycles. The highest BCUT2D eigenvalue weighted by molar-refractivity contribution is 5.98. The molecule has 0 atom stereocenters. The summed E-state index contributed by atoms with van der Waals surface area (Å²) in [5.74, 6) is -0.734. The zero-order chi connectivity index (χ0) is 11.4. The van der Waals surface area contributed by atoms with Gasteiger partial charge in [-0.1, -0.05) is 6.92 Å². The summed E-state index contributed by atoms with van der Waals surface area (Å²) in [6.07, 6.45) is -2.30. The number of Topliss-reactive ketones (excluding diaryl/α,β-unsaturated/α-hetero) is 1. The Kier molecular flexibility index (Phi) is 3.77. The Morgan fingerprint density at radius 2 is 2.07 bits per heavy atom. The minimum atomic E-state index is -2.97. The van der Waals surface area contributed by atoms with Crippen LogP contribution in [0.3, 0.4) is 0 Å². The average Bonchev–Trinajstić information content (AvgIpc) is 2.27. The van der Waals surface area contributed by atoms with Crippen LogP contribution in [0.2, 0.25) is 0 Å². The largest absolute Gasteiger partial charge is 0.497 e. The summed E-state index contributed by atoms with van der Waals surface area (Å²) in [6.45, 7) is 1.88. The van der Waals surface area contributed by atoms with Crippen LogP contribution in [0.1, 0.15) is 22.8 Å². The third kappa shape index (κ3) is 2.75. The Hall–Kier alpha value is -1.45. The average molecular weight is 214 g/mol. The van der Waals surface area contributed by atoms with E-state index in [2.05, 4.69) is 0 Å². The van der Waals surface area contributed by atoms with Crippen molar-refractivity contribution in [1.29, 1.82) is 0 Å². The maximum absolute atomic E-state index is 12.2. The van der Waals surface area contributed by atoms with Gasteiger partial charge in [0.25, 0.3) is 0 Å². The van der Waals surface area contributed by atoms with Crippen LogP contribution < -0.4 is 4.74 Å². The van der Waals surface area contributed by atoms with Gasteiger partial charge in [-0.15, -0.1) is 0 Å². The lowest BCUT2D eigenvalue weighted by Crippen LogP contribution is -2.10. The fourth-order valence-corrected chi connectivity index (χ4v) is 1.25. The highest BCUT2D eigenvalue weighted by Gasteiger charge is 2.18. The third-order valence-corrected chi connectivity index (χ3v) is 2.09. The van der Waals surface area contributed by atoms with Crippen molar-refractivity contribution in [3.05, 3.63) is 29.3 Å². The molecule has 0 unspecified atom stereocenters. The van der Waals surface area contributed by atoms with Crippen molar-refractivity contribution in [1.82, 2.24) is 0 Å². The van der Waals surface area contributed by atoms with Crippen molar-refractivity contribution in [2.24, 2.45) is 0 Å². The topological polar surface area (TPSA) is 26.3 Å². The molecule has 0 spiro atoms. The summed E-state index contributed by atoms with van der Waals surface area (Å²) >= 11 is 0. The second-order valence-corrected chi connectivity index (χ2v) is 3.09. The van der Waals surface area contributed by atoms with Crippen LogP contribution in [-0.4, -0.2) is 19.3 Å². The number of halogens is 2. The minimum Gasteiger partial charge on any atom is -0.497 e. The molecular weight excluding hydrogens is 202 g/mol. The van der Waals surface area contributed by atoms with Crippen molar-refractivity contribution >= 4 is 5.78 Å². The lowest BCUT2D eigenvalue weighted by atomic mass is 10.1. The molecule has 0 N–H and O–H groups in total. The highest BCUT2D eigenvalue weighted by Crippen LogP contribution is 2.19. The van der Waals surface area contributed by atoms with Crippen LogP contribution in [0.4, 0.5) is 8.78 Å². The molecule has 2 nitrogen and oxygen atoms in total. The van der Waals surface area contributed by atoms with Gasteiger partial charge in [0, 0.05) is 5.56 Å². The van der Waals surface area contributed by atoms with Gasteiger partial charge in [-0.3, -0.25) is 4.79 Å². The van der Waals surface area contributed by atoms with Gasteiger partial charge in [-0.2, -0.15) is 0 Å². The number of methoxy groups -OCH3 is 1. The first kappa shape index (κ1) is 11.6. The number of carbonyl (C=O) groups excluding carboxylic acids is 1. The number of rotatable bonds is 4. The monoisotopic (exact) mass is 214 g/mol. The summed E-state index contributed by atoms with van der Waals surface area (Å²) in [6, 6.07) is 4.52. The normalized spacial score (nSPS) is 10.5. The van der Waals surface area contributed by atoms with Crippen molar-refractivity contribution < 1.29 is 18.3 Å². The number of alkyl halides is 2. The van der Waals surface area contributed by atoms with E-state index in [9.17, 15) is 13.6 Å². The lowest BCUT2D eigenvalue weighted by molar-refractivity contribution is 0.0678. The first-order valence-electron chi connectivity index (χ1n) is 4.58. The molecule has 15 heavy (non-hydrogen) atoms. The van der Waals surface area contributed by atoms with Gasteiger partial charge in [-0.25, -0.2) is 8.78 Å². The molecule has 1 aromatic carbocycles. The van der Waals surface area contributed by atoms with E-state index in [-0.39, 0.29) is 5.56 Å². The highest BCUT2D eigenvalue weighted by atomic mass is 19.3. The molecule has 0 radical (unpaired) electrons.